The highest BCUT2D eigenvalue weighted by Gasteiger charge is 2.20. The molecule has 0 spiro atoms. The standard InChI is InChI=1S/C40H77N3O2/c1-6-9-11-13-14-19-25-39(24-18-12-10-7-2)37-45-40(8-3)26-20-17-22-30-42(29-21-15-16-23-35-44)33-34-43-31-27-38(28-32-43)36-41(4)5/h35,38-39H,3,6-7,9-34,36-37H2,1-2,4-5H3. The molecule has 5 heteroatoms. The van der Waals surface area contributed by atoms with E-state index in [4.69, 9.17) is 4.74 Å². The van der Waals surface area contributed by atoms with Gasteiger partial charge in [-0.05, 0) is 103 Å². The normalized spacial score (nSPS) is 15.1. The quantitative estimate of drug-likeness (QED) is 0.0320. The van der Waals surface area contributed by atoms with Crippen LogP contribution in [0.2, 0.25) is 0 Å². The Hall–Kier alpha value is -1.13. The summed E-state index contributed by atoms with van der Waals surface area (Å²) in [5.74, 6) is 2.53. The molecular formula is C40H77N3O2. The van der Waals surface area contributed by atoms with Gasteiger partial charge in [-0.25, -0.2) is 0 Å². The topological polar surface area (TPSA) is 36.0 Å². The van der Waals surface area contributed by atoms with Crippen molar-refractivity contribution in [1.82, 2.24) is 14.7 Å². The Bertz CT molecular complexity index is 712. The highest BCUT2D eigenvalue weighted by Crippen LogP contribution is 2.22. The van der Waals surface area contributed by atoms with E-state index in [1.54, 1.807) is 0 Å². The number of hydrogen-bond acceptors (Lipinski definition) is 5. The molecule has 0 radical (unpaired) electrons. The summed E-state index contributed by atoms with van der Waals surface area (Å²) in [7, 11) is 4.40. The zero-order valence-corrected chi connectivity index (χ0v) is 30.8. The predicted octanol–water partition coefficient (Wildman–Crippen LogP) is 9.90. The van der Waals surface area contributed by atoms with Gasteiger partial charge in [-0.15, -0.1) is 0 Å². The molecule has 0 aromatic heterocycles. The zero-order chi connectivity index (χ0) is 32.8. The number of hydrogen-bond donors (Lipinski definition) is 0. The monoisotopic (exact) mass is 632 g/mol. The third-order valence-electron chi connectivity index (χ3n) is 9.86. The van der Waals surface area contributed by atoms with Crippen LogP contribution in [0.5, 0.6) is 0 Å². The summed E-state index contributed by atoms with van der Waals surface area (Å²) >= 11 is 0. The number of allylic oxidation sites excluding steroid dienone is 1. The third-order valence-corrected chi connectivity index (χ3v) is 9.86. The lowest BCUT2D eigenvalue weighted by atomic mass is 9.95. The van der Waals surface area contributed by atoms with Crippen molar-refractivity contribution < 1.29 is 9.53 Å². The van der Waals surface area contributed by atoms with E-state index in [2.05, 4.69) is 55.0 Å². The van der Waals surface area contributed by atoms with Crippen molar-refractivity contribution in [3.63, 3.8) is 0 Å². The van der Waals surface area contributed by atoms with Crippen molar-refractivity contribution in [3.8, 4) is 0 Å². The fourth-order valence-corrected chi connectivity index (χ4v) is 6.88. The molecule has 5 nitrogen and oxygen atoms in total. The maximum atomic E-state index is 10.7. The molecule has 1 saturated heterocycles. The van der Waals surface area contributed by atoms with E-state index >= 15 is 0 Å². The third kappa shape index (κ3) is 24.7. The van der Waals surface area contributed by atoms with Crippen LogP contribution in [-0.2, 0) is 9.53 Å². The Labute approximate surface area is 281 Å². The molecule has 1 aliphatic rings. The predicted molar refractivity (Wildman–Crippen MR) is 196 cm³/mol. The molecule has 1 aliphatic heterocycles. The Morgan fingerprint density at radius 2 is 1.40 bits per heavy atom. The molecule has 0 aromatic rings. The first-order valence-electron chi connectivity index (χ1n) is 19.6. The first-order valence-corrected chi connectivity index (χ1v) is 19.6. The van der Waals surface area contributed by atoms with Crippen LogP contribution in [0.25, 0.3) is 0 Å². The van der Waals surface area contributed by atoms with E-state index in [9.17, 15) is 4.79 Å². The minimum absolute atomic E-state index is 0.676. The van der Waals surface area contributed by atoms with E-state index < -0.39 is 0 Å². The van der Waals surface area contributed by atoms with Crippen LogP contribution < -0.4 is 0 Å². The molecular weight excluding hydrogens is 554 g/mol. The molecule has 0 amide bonds. The van der Waals surface area contributed by atoms with Gasteiger partial charge in [-0.1, -0.05) is 103 Å². The Kier molecular flexibility index (Phi) is 28.1. The molecule has 1 fully saturated rings. The number of unbranched alkanes of at least 4 members (excludes halogenated alkanes) is 13. The molecule has 0 aromatic carbocycles. The molecule has 45 heavy (non-hydrogen) atoms. The van der Waals surface area contributed by atoms with Gasteiger partial charge in [0.1, 0.15) is 12.0 Å². The van der Waals surface area contributed by atoms with Gasteiger partial charge >= 0.3 is 0 Å². The minimum Gasteiger partial charge on any atom is -0.490 e. The van der Waals surface area contributed by atoms with Gasteiger partial charge < -0.3 is 24.2 Å². The maximum absolute atomic E-state index is 10.7. The first-order chi connectivity index (χ1) is 22.0. The number of carbonyl (C=O) groups is 1. The van der Waals surface area contributed by atoms with E-state index in [1.807, 2.05) is 0 Å². The van der Waals surface area contributed by atoms with Gasteiger partial charge in [0.25, 0.3) is 0 Å². The molecule has 0 aliphatic carbocycles. The highest BCUT2D eigenvalue weighted by atomic mass is 16.5. The lowest BCUT2D eigenvalue weighted by Gasteiger charge is -2.34. The molecule has 0 saturated carbocycles. The van der Waals surface area contributed by atoms with Gasteiger partial charge in [0.15, 0.2) is 0 Å². The molecule has 0 N–H and O–H groups in total. The molecule has 1 heterocycles. The van der Waals surface area contributed by atoms with Crippen LogP contribution >= 0.6 is 0 Å². The van der Waals surface area contributed by atoms with Crippen molar-refractivity contribution in [1.29, 1.82) is 0 Å². The highest BCUT2D eigenvalue weighted by molar-refractivity contribution is 5.48. The Morgan fingerprint density at radius 3 is 2.00 bits per heavy atom. The van der Waals surface area contributed by atoms with Crippen molar-refractivity contribution in [3.05, 3.63) is 18.1 Å². The summed E-state index contributed by atoms with van der Waals surface area (Å²) in [5.41, 5.74) is 3.14. The zero-order valence-electron chi connectivity index (χ0n) is 30.8. The Morgan fingerprint density at radius 1 is 0.822 bits per heavy atom. The summed E-state index contributed by atoms with van der Waals surface area (Å²) < 4.78 is 6.35. The minimum atomic E-state index is 0.676. The van der Waals surface area contributed by atoms with Gasteiger partial charge in [-0.2, -0.15) is 0 Å². The number of rotatable bonds is 32. The summed E-state index contributed by atoms with van der Waals surface area (Å²) in [6.45, 7) is 17.9. The van der Waals surface area contributed by atoms with Gasteiger partial charge in [0.2, 0.25) is 0 Å². The fourth-order valence-electron chi connectivity index (χ4n) is 6.88. The number of nitrogens with zero attached hydrogens (tertiary/aromatic N) is 3. The van der Waals surface area contributed by atoms with Gasteiger partial charge in [-0.3, -0.25) is 0 Å². The average molecular weight is 632 g/mol. The lowest BCUT2D eigenvalue weighted by molar-refractivity contribution is -0.107. The van der Waals surface area contributed by atoms with Gasteiger partial charge in [0, 0.05) is 32.5 Å². The molecule has 264 valence electrons. The number of carbonyl (C=O) groups excluding carboxylic acids is 1. The van der Waals surface area contributed by atoms with E-state index in [0.29, 0.717) is 12.3 Å². The smallest absolute Gasteiger partial charge is 0.137 e. The summed E-state index contributed by atoms with van der Waals surface area (Å²) in [4.78, 5) is 18.4. The molecule has 0 bridgehead atoms. The number of piperidine rings is 1. The van der Waals surface area contributed by atoms with Crippen LogP contribution in [0, 0.1) is 11.8 Å². The number of ether oxygens (including phenoxy) is 1. The van der Waals surface area contributed by atoms with E-state index in [0.717, 1.165) is 56.8 Å². The van der Waals surface area contributed by atoms with Crippen molar-refractivity contribution in [2.24, 2.45) is 11.8 Å². The average Bonchev–Trinajstić information content (AvgIpc) is 3.04. The van der Waals surface area contributed by atoms with Gasteiger partial charge in [0.05, 0.1) is 6.61 Å². The lowest BCUT2D eigenvalue weighted by Crippen LogP contribution is -2.41. The Balaban J connectivity index is 2.40. The largest absolute Gasteiger partial charge is 0.490 e. The van der Waals surface area contributed by atoms with Crippen LogP contribution in [0.1, 0.15) is 155 Å². The van der Waals surface area contributed by atoms with Crippen molar-refractivity contribution >= 4 is 6.29 Å². The van der Waals surface area contributed by atoms with Crippen LogP contribution in [-0.4, -0.2) is 87.5 Å². The number of likely N-dealkylation sites (tertiary alicyclic amines) is 1. The summed E-state index contributed by atoms with van der Waals surface area (Å²) in [6.07, 6.45) is 28.6. The molecule has 1 rings (SSSR count). The van der Waals surface area contributed by atoms with Crippen LogP contribution in [0.4, 0.5) is 0 Å². The molecule has 1 atom stereocenters. The summed E-state index contributed by atoms with van der Waals surface area (Å²) in [6, 6.07) is 0. The van der Waals surface area contributed by atoms with Crippen LogP contribution in [0.3, 0.4) is 0 Å². The second kappa shape index (κ2) is 30.2. The van der Waals surface area contributed by atoms with Crippen molar-refractivity contribution in [2.45, 2.75) is 155 Å². The van der Waals surface area contributed by atoms with E-state index in [1.165, 1.54) is 148 Å². The van der Waals surface area contributed by atoms with Crippen molar-refractivity contribution in [2.75, 3.05) is 66.5 Å². The second-order valence-corrected chi connectivity index (χ2v) is 14.4. The number of aldehydes is 1. The van der Waals surface area contributed by atoms with Crippen LogP contribution in [0.15, 0.2) is 18.1 Å². The van der Waals surface area contributed by atoms with E-state index in [-0.39, 0.29) is 0 Å². The fraction of sp³-hybridized carbons (Fsp3) is 0.900. The first kappa shape index (κ1) is 41.9. The maximum Gasteiger partial charge on any atom is 0.137 e. The SMILES string of the molecule is C=C=C(CCCCCN(CCCCCC=O)CCN1CCC(CN(C)C)CC1)OCC(CCCCCC)CCCCCCCC. The summed E-state index contributed by atoms with van der Waals surface area (Å²) in [5, 5.41) is 0. The second-order valence-electron chi connectivity index (χ2n) is 14.4. The molecule has 1 unspecified atom stereocenters.